The molecule has 2 rings (SSSR count). The van der Waals surface area contributed by atoms with Gasteiger partial charge in [-0.3, -0.25) is 0 Å². The van der Waals surface area contributed by atoms with Crippen LogP contribution >= 0.6 is 15.9 Å². The summed E-state index contributed by atoms with van der Waals surface area (Å²) >= 11 is 3.39. The van der Waals surface area contributed by atoms with Crippen LogP contribution < -0.4 is 10.1 Å². The summed E-state index contributed by atoms with van der Waals surface area (Å²) < 4.78 is 20.2. The van der Waals surface area contributed by atoms with Crippen LogP contribution in [0.15, 0.2) is 40.9 Å². The summed E-state index contributed by atoms with van der Waals surface area (Å²) in [5.41, 5.74) is 2.48. The standard InChI is InChI=1S/C17H19BrFNO/c1-12-9-14(10-13(2)17(12)19)11-20-7-8-21-16-5-3-15(18)4-6-16/h3-6,9-10,20H,7-8,11H2,1-2H3. The molecule has 112 valence electrons. The fourth-order valence-electron chi connectivity index (χ4n) is 2.14. The van der Waals surface area contributed by atoms with Crippen molar-refractivity contribution in [1.82, 2.24) is 5.32 Å². The predicted molar refractivity (Wildman–Crippen MR) is 87.2 cm³/mol. The highest BCUT2D eigenvalue weighted by molar-refractivity contribution is 9.10. The number of nitrogens with one attached hydrogen (secondary N) is 1. The molecule has 2 nitrogen and oxygen atoms in total. The Balaban J connectivity index is 1.74. The van der Waals surface area contributed by atoms with Crippen LogP contribution in [0.3, 0.4) is 0 Å². The van der Waals surface area contributed by atoms with Crippen molar-refractivity contribution in [2.75, 3.05) is 13.2 Å². The van der Waals surface area contributed by atoms with E-state index in [1.54, 1.807) is 13.8 Å². The molecule has 0 aliphatic heterocycles. The molecule has 2 aromatic carbocycles. The van der Waals surface area contributed by atoms with E-state index in [-0.39, 0.29) is 5.82 Å². The van der Waals surface area contributed by atoms with Crippen molar-refractivity contribution >= 4 is 15.9 Å². The fraction of sp³-hybridized carbons (Fsp3) is 0.294. The molecule has 0 fully saturated rings. The van der Waals surface area contributed by atoms with Gasteiger partial charge in [-0.05, 0) is 54.8 Å². The lowest BCUT2D eigenvalue weighted by Crippen LogP contribution is -2.20. The molecule has 0 saturated heterocycles. The van der Waals surface area contributed by atoms with E-state index in [4.69, 9.17) is 4.74 Å². The summed E-state index contributed by atoms with van der Waals surface area (Å²) in [4.78, 5) is 0. The van der Waals surface area contributed by atoms with E-state index in [9.17, 15) is 4.39 Å². The van der Waals surface area contributed by atoms with E-state index in [1.807, 2.05) is 36.4 Å². The number of rotatable bonds is 6. The normalized spacial score (nSPS) is 10.7. The van der Waals surface area contributed by atoms with E-state index >= 15 is 0 Å². The lowest BCUT2D eigenvalue weighted by Gasteiger charge is -2.09. The molecular weight excluding hydrogens is 333 g/mol. The second-order valence-corrected chi connectivity index (χ2v) is 5.94. The highest BCUT2D eigenvalue weighted by Crippen LogP contribution is 2.16. The van der Waals surface area contributed by atoms with Crippen molar-refractivity contribution in [2.45, 2.75) is 20.4 Å². The van der Waals surface area contributed by atoms with Crippen LogP contribution in [0.5, 0.6) is 5.75 Å². The first kappa shape index (κ1) is 16.0. The monoisotopic (exact) mass is 351 g/mol. The number of hydrogen-bond donors (Lipinski definition) is 1. The summed E-state index contributed by atoms with van der Waals surface area (Å²) in [5.74, 6) is 0.741. The number of halogens is 2. The summed E-state index contributed by atoms with van der Waals surface area (Å²) in [6.07, 6.45) is 0. The van der Waals surface area contributed by atoms with E-state index in [1.165, 1.54) is 0 Å². The van der Waals surface area contributed by atoms with Gasteiger partial charge in [0.25, 0.3) is 0 Å². The molecule has 0 bridgehead atoms. The highest BCUT2D eigenvalue weighted by atomic mass is 79.9. The summed E-state index contributed by atoms with van der Waals surface area (Å²) in [7, 11) is 0. The maximum atomic E-state index is 13.5. The first-order valence-corrected chi connectivity index (χ1v) is 7.70. The average molecular weight is 352 g/mol. The summed E-state index contributed by atoms with van der Waals surface area (Å²) in [6.45, 7) is 5.64. The zero-order valence-corrected chi connectivity index (χ0v) is 13.8. The quantitative estimate of drug-likeness (QED) is 0.780. The molecule has 0 radical (unpaired) electrons. The summed E-state index contributed by atoms with van der Waals surface area (Å²) in [6, 6.07) is 11.5. The van der Waals surface area contributed by atoms with Crippen LogP contribution in [-0.2, 0) is 6.54 Å². The maximum absolute atomic E-state index is 13.5. The zero-order valence-electron chi connectivity index (χ0n) is 12.2. The Kier molecular flexibility index (Phi) is 5.76. The van der Waals surface area contributed by atoms with Crippen LogP contribution in [0, 0.1) is 19.7 Å². The maximum Gasteiger partial charge on any atom is 0.129 e. The van der Waals surface area contributed by atoms with E-state index in [0.29, 0.717) is 24.3 Å². The van der Waals surface area contributed by atoms with Crippen molar-refractivity contribution in [1.29, 1.82) is 0 Å². The molecule has 0 unspecified atom stereocenters. The van der Waals surface area contributed by atoms with Gasteiger partial charge in [0.15, 0.2) is 0 Å². The van der Waals surface area contributed by atoms with Crippen LogP contribution in [0.2, 0.25) is 0 Å². The third-order valence-corrected chi connectivity index (χ3v) is 3.72. The van der Waals surface area contributed by atoms with Gasteiger partial charge in [0.05, 0.1) is 0 Å². The topological polar surface area (TPSA) is 21.3 Å². The van der Waals surface area contributed by atoms with Crippen molar-refractivity contribution in [2.24, 2.45) is 0 Å². The minimum absolute atomic E-state index is 0.114. The second kappa shape index (κ2) is 7.57. The molecule has 0 amide bonds. The minimum atomic E-state index is -0.114. The Hall–Kier alpha value is -1.39. The van der Waals surface area contributed by atoms with Gasteiger partial charge in [-0.1, -0.05) is 28.1 Å². The Bertz CT molecular complexity index is 575. The Morgan fingerprint density at radius 2 is 1.71 bits per heavy atom. The van der Waals surface area contributed by atoms with Crippen LogP contribution in [0.4, 0.5) is 4.39 Å². The Morgan fingerprint density at radius 1 is 1.10 bits per heavy atom. The van der Waals surface area contributed by atoms with Gasteiger partial charge in [-0.15, -0.1) is 0 Å². The van der Waals surface area contributed by atoms with Gasteiger partial charge in [-0.25, -0.2) is 4.39 Å². The van der Waals surface area contributed by atoms with Crippen molar-refractivity contribution in [3.05, 3.63) is 63.4 Å². The minimum Gasteiger partial charge on any atom is -0.492 e. The second-order valence-electron chi connectivity index (χ2n) is 5.02. The highest BCUT2D eigenvalue weighted by Gasteiger charge is 2.03. The molecule has 1 N–H and O–H groups in total. The van der Waals surface area contributed by atoms with E-state index in [2.05, 4.69) is 21.2 Å². The van der Waals surface area contributed by atoms with Crippen molar-refractivity contribution in [3.63, 3.8) is 0 Å². The van der Waals surface area contributed by atoms with E-state index < -0.39 is 0 Å². The predicted octanol–water partition coefficient (Wildman–Crippen LogP) is 4.37. The number of ether oxygens (including phenoxy) is 1. The third kappa shape index (κ3) is 4.83. The summed E-state index contributed by atoms with van der Waals surface area (Å²) in [5, 5.41) is 3.30. The molecule has 4 heteroatoms. The zero-order chi connectivity index (χ0) is 15.2. The number of aryl methyl sites for hydroxylation is 2. The molecule has 0 saturated carbocycles. The lowest BCUT2D eigenvalue weighted by atomic mass is 10.1. The van der Waals surface area contributed by atoms with Gasteiger partial charge in [0.2, 0.25) is 0 Å². The van der Waals surface area contributed by atoms with Crippen LogP contribution in [0.25, 0.3) is 0 Å². The third-order valence-electron chi connectivity index (χ3n) is 3.19. The lowest BCUT2D eigenvalue weighted by molar-refractivity contribution is 0.313. The molecule has 0 heterocycles. The first-order chi connectivity index (χ1) is 10.1. The van der Waals surface area contributed by atoms with E-state index in [0.717, 1.165) is 22.3 Å². The van der Waals surface area contributed by atoms with Gasteiger partial charge >= 0.3 is 0 Å². The van der Waals surface area contributed by atoms with Gasteiger partial charge in [0, 0.05) is 17.6 Å². The largest absolute Gasteiger partial charge is 0.492 e. The SMILES string of the molecule is Cc1cc(CNCCOc2ccc(Br)cc2)cc(C)c1F. The molecule has 21 heavy (non-hydrogen) atoms. The molecule has 2 aromatic rings. The molecule has 0 spiro atoms. The fourth-order valence-corrected chi connectivity index (χ4v) is 2.41. The first-order valence-electron chi connectivity index (χ1n) is 6.91. The van der Waals surface area contributed by atoms with Crippen molar-refractivity contribution < 1.29 is 9.13 Å². The average Bonchev–Trinajstić information content (AvgIpc) is 2.46. The van der Waals surface area contributed by atoms with Gasteiger partial charge < -0.3 is 10.1 Å². The molecule has 0 aliphatic rings. The van der Waals surface area contributed by atoms with Crippen LogP contribution in [0.1, 0.15) is 16.7 Å². The molecule has 0 atom stereocenters. The number of hydrogen-bond acceptors (Lipinski definition) is 2. The Morgan fingerprint density at radius 3 is 2.33 bits per heavy atom. The van der Waals surface area contributed by atoms with Gasteiger partial charge in [0.1, 0.15) is 18.2 Å². The number of benzene rings is 2. The van der Waals surface area contributed by atoms with Gasteiger partial charge in [-0.2, -0.15) is 0 Å². The molecule has 0 aliphatic carbocycles. The molecule has 0 aromatic heterocycles. The van der Waals surface area contributed by atoms with Crippen LogP contribution in [-0.4, -0.2) is 13.2 Å². The Labute approximate surface area is 133 Å². The smallest absolute Gasteiger partial charge is 0.129 e. The van der Waals surface area contributed by atoms with Crippen molar-refractivity contribution in [3.8, 4) is 5.75 Å². The molecular formula is C17H19BrFNO.